The summed E-state index contributed by atoms with van der Waals surface area (Å²) in [6.07, 6.45) is 8.11. The summed E-state index contributed by atoms with van der Waals surface area (Å²) in [6, 6.07) is 11.1. The largest absolute Gasteiger partial charge is 0.300 e. The molecular formula is C21H30N4. The molecule has 2 fully saturated rings. The highest BCUT2D eigenvalue weighted by Gasteiger charge is 2.45. The van der Waals surface area contributed by atoms with E-state index in [0.29, 0.717) is 11.5 Å². The van der Waals surface area contributed by atoms with Crippen LogP contribution in [0.3, 0.4) is 0 Å². The van der Waals surface area contributed by atoms with Crippen molar-refractivity contribution in [1.82, 2.24) is 19.6 Å². The van der Waals surface area contributed by atoms with E-state index in [0.717, 1.165) is 13.1 Å². The molecule has 0 radical (unpaired) electrons. The first-order valence-corrected chi connectivity index (χ1v) is 9.68. The first-order chi connectivity index (χ1) is 12.2. The van der Waals surface area contributed by atoms with Crippen LogP contribution in [0.5, 0.6) is 0 Å². The van der Waals surface area contributed by atoms with E-state index >= 15 is 0 Å². The molecule has 1 spiro atoms. The normalized spacial score (nSPS) is 24.2. The second kappa shape index (κ2) is 6.93. The van der Waals surface area contributed by atoms with Crippen LogP contribution in [0.25, 0.3) is 0 Å². The molecule has 134 valence electrons. The van der Waals surface area contributed by atoms with Crippen molar-refractivity contribution in [3.8, 4) is 0 Å². The van der Waals surface area contributed by atoms with E-state index in [1.807, 2.05) is 10.9 Å². The number of likely N-dealkylation sites (N-methyl/N-ethyl adjacent to an activating group) is 1. The standard InChI is InChI=1S/C21H30N4/c1-3-25-16-18(14-22-25)15-24-11-9-21(10-12-24)13-20(17-23(21)2)19-7-5-4-6-8-19/h4-8,14,16,20H,3,9-13,15,17H2,1-2H3/t20-/m1/s1. The molecular weight excluding hydrogens is 308 g/mol. The summed E-state index contributed by atoms with van der Waals surface area (Å²) >= 11 is 0. The predicted molar refractivity (Wildman–Crippen MR) is 102 cm³/mol. The van der Waals surface area contributed by atoms with E-state index in [2.05, 4.69) is 65.4 Å². The fourth-order valence-corrected chi connectivity index (χ4v) is 4.78. The number of hydrogen-bond donors (Lipinski definition) is 0. The molecule has 4 rings (SSSR count). The van der Waals surface area contributed by atoms with Gasteiger partial charge in [-0.2, -0.15) is 5.10 Å². The number of hydrogen-bond acceptors (Lipinski definition) is 3. The number of nitrogens with zero attached hydrogens (tertiary/aromatic N) is 4. The van der Waals surface area contributed by atoms with Gasteiger partial charge in [0.05, 0.1) is 6.20 Å². The number of rotatable bonds is 4. The molecule has 0 aliphatic carbocycles. The molecule has 25 heavy (non-hydrogen) atoms. The second-order valence-electron chi connectivity index (χ2n) is 7.90. The number of likely N-dealkylation sites (tertiary alicyclic amines) is 2. The second-order valence-corrected chi connectivity index (χ2v) is 7.90. The van der Waals surface area contributed by atoms with Gasteiger partial charge in [0.15, 0.2) is 0 Å². The summed E-state index contributed by atoms with van der Waals surface area (Å²) in [5.74, 6) is 0.695. The van der Waals surface area contributed by atoms with Crippen LogP contribution >= 0.6 is 0 Å². The van der Waals surface area contributed by atoms with Crippen molar-refractivity contribution in [3.05, 3.63) is 53.9 Å². The van der Waals surface area contributed by atoms with Crippen molar-refractivity contribution in [2.75, 3.05) is 26.7 Å². The number of piperidine rings is 1. The van der Waals surface area contributed by atoms with Crippen molar-refractivity contribution < 1.29 is 0 Å². The van der Waals surface area contributed by atoms with Crippen LogP contribution in [0.1, 0.15) is 43.2 Å². The highest BCUT2D eigenvalue weighted by molar-refractivity contribution is 5.23. The molecule has 4 nitrogen and oxygen atoms in total. The van der Waals surface area contributed by atoms with Gasteiger partial charge in [0.25, 0.3) is 0 Å². The lowest BCUT2D eigenvalue weighted by Crippen LogP contribution is -2.50. The summed E-state index contributed by atoms with van der Waals surface area (Å²) in [6.45, 7) is 7.73. The predicted octanol–water partition coefficient (Wildman–Crippen LogP) is 3.36. The van der Waals surface area contributed by atoms with Crippen molar-refractivity contribution in [3.63, 3.8) is 0 Å². The molecule has 2 aromatic rings. The first-order valence-electron chi connectivity index (χ1n) is 9.68. The first kappa shape index (κ1) is 16.8. The zero-order chi connectivity index (χ0) is 17.3. The molecule has 0 unspecified atom stereocenters. The van der Waals surface area contributed by atoms with Gasteiger partial charge in [0.1, 0.15) is 0 Å². The third-order valence-corrected chi connectivity index (χ3v) is 6.41. The van der Waals surface area contributed by atoms with Crippen LogP contribution in [0.15, 0.2) is 42.7 Å². The molecule has 3 heterocycles. The molecule has 2 aliphatic rings. The molecule has 1 aromatic carbocycles. The maximum absolute atomic E-state index is 4.41. The quantitative estimate of drug-likeness (QED) is 0.854. The zero-order valence-electron chi connectivity index (χ0n) is 15.6. The lowest BCUT2D eigenvalue weighted by Gasteiger charge is -2.43. The fraction of sp³-hybridized carbons (Fsp3) is 0.571. The minimum atomic E-state index is 0.407. The van der Waals surface area contributed by atoms with Crippen LogP contribution in [-0.2, 0) is 13.1 Å². The van der Waals surface area contributed by atoms with E-state index in [-0.39, 0.29) is 0 Å². The number of aromatic nitrogens is 2. The van der Waals surface area contributed by atoms with Crippen LogP contribution in [-0.4, -0.2) is 51.8 Å². The van der Waals surface area contributed by atoms with Gasteiger partial charge in [-0.3, -0.25) is 14.5 Å². The van der Waals surface area contributed by atoms with Gasteiger partial charge < -0.3 is 0 Å². The van der Waals surface area contributed by atoms with Gasteiger partial charge in [0.2, 0.25) is 0 Å². The summed E-state index contributed by atoms with van der Waals surface area (Å²) in [5, 5.41) is 4.41. The Morgan fingerprint density at radius 3 is 2.60 bits per heavy atom. The van der Waals surface area contributed by atoms with Gasteiger partial charge in [0, 0.05) is 50.0 Å². The molecule has 0 N–H and O–H groups in total. The molecule has 0 amide bonds. The Bertz CT molecular complexity index is 685. The van der Waals surface area contributed by atoms with Crippen LogP contribution in [0.2, 0.25) is 0 Å². The van der Waals surface area contributed by atoms with Crippen LogP contribution in [0.4, 0.5) is 0 Å². The molecule has 2 saturated heterocycles. The Morgan fingerprint density at radius 1 is 1.16 bits per heavy atom. The SMILES string of the molecule is CCn1cc(CN2CCC3(CC2)C[C@@H](c2ccccc2)CN3C)cn1. The third-order valence-electron chi connectivity index (χ3n) is 6.41. The number of benzene rings is 1. The van der Waals surface area contributed by atoms with Gasteiger partial charge in [-0.1, -0.05) is 30.3 Å². The van der Waals surface area contributed by atoms with Crippen molar-refractivity contribution >= 4 is 0 Å². The van der Waals surface area contributed by atoms with Crippen molar-refractivity contribution in [1.29, 1.82) is 0 Å². The van der Waals surface area contributed by atoms with E-state index in [1.165, 1.54) is 50.0 Å². The van der Waals surface area contributed by atoms with Crippen LogP contribution in [0, 0.1) is 0 Å². The summed E-state index contributed by atoms with van der Waals surface area (Å²) < 4.78 is 2.02. The van der Waals surface area contributed by atoms with Gasteiger partial charge in [-0.05, 0) is 44.7 Å². The third kappa shape index (κ3) is 3.38. The van der Waals surface area contributed by atoms with E-state index in [1.54, 1.807) is 0 Å². The highest BCUT2D eigenvalue weighted by Crippen LogP contribution is 2.44. The Labute approximate surface area is 151 Å². The Kier molecular flexibility index (Phi) is 4.65. The average molecular weight is 338 g/mol. The Morgan fingerprint density at radius 2 is 1.92 bits per heavy atom. The fourth-order valence-electron chi connectivity index (χ4n) is 4.78. The minimum Gasteiger partial charge on any atom is -0.300 e. The monoisotopic (exact) mass is 338 g/mol. The van der Waals surface area contributed by atoms with E-state index < -0.39 is 0 Å². The number of aryl methyl sites for hydroxylation is 1. The maximum atomic E-state index is 4.41. The lowest BCUT2D eigenvalue weighted by molar-refractivity contribution is 0.0672. The van der Waals surface area contributed by atoms with Crippen molar-refractivity contribution in [2.45, 2.75) is 50.7 Å². The summed E-state index contributed by atoms with van der Waals surface area (Å²) in [7, 11) is 2.34. The highest BCUT2D eigenvalue weighted by atomic mass is 15.3. The zero-order valence-corrected chi connectivity index (χ0v) is 15.6. The molecule has 4 heteroatoms. The Hall–Kier alpha value is -1.65. The molecule has 2 aliphatic heterocycles. The van der Waals surface area contributed by atoms with Gasteiger partial charge in [-0.15, -0.1) is 0 Å². The smallest absolute Gasteiger partial charge is 0.0534 e. The van der Waals surface area contributed by atoms with Crippen LogP contribution < -0.4 is 0 Å². The summed E-state index contributed by atoms with van der Waals surface area (Å²) in [4.78, 5) is 5.25. The van der Waals surface area contributed by atoms with E-state index in [9.17, 15) is 0 Å². The van der Waals surface area contributed by atoms with Gasteiger partial charge >= 0.3 is 0 Å². The Balaban J connectivity index is 1.37. The molecule has 0 saturated carbocycles. The summed E-state index contributed by atoms with van der Waals surface area (Å²) in [5.41, 5.74) is 3.27. The average Bonchev–Trinajstić information content (AvgIpc) is 3.23. The molecule has 0 bridgehead atoms. The molecule has 1 atom stereocenters. The minimum absolute atomic E-state index is 0.407. The maximum Gasteiger partial charge on any atom is 0.0534 e. The van der Waals surface area contributed by atoms with E-state index in [4.69, 9.17) is 0 Å². The lowest BCUT2D eigenvalue weighted by atomic mass is 9.81. The van der Waals surface area contributed by atoms with Crippen molar-refractivity contribution in [2.24, 2.45) is 0 Å². The van der Waals surface area contributed by atoms with Gasteiger partial charge in [-0.25, -0.2) is 0 Å². The topological polar surface area (TPSA) is 24.3 Å². The molecule has 1 aromatic heterocycles.